The molecule has 0 bridgehead atoms. The van der Waals surface area contributed by atoms with Crippen molar-refractivity contribution in [3.8, 4) is 11.4 Å². The van der Waals surface area contributed by atoms with Gasteiger partial charge >= 0.3 is 0 Å². The fourth-order valence-electron chi connectivity index (χ4n) is 1.79. The van der Waals surface area contributed by atoms with Gasteiger partial charge in [0.05, 0.1) is 5.92 Å². The smallest absolute Gasteiger partial charge is 0.237 e. The Morgan fingerprint density at radius 2 is 2.11 bits per heavy atom. The summed E-state index contributed by atoms with van der Waals surface area (Å²) < 4.78 is 5.18. The van der Waals surface area contributed by atoms with E-state index in [2.05, 4.69) is 10.1 Å². The molecular formula is C14H16N2O2. The minimum absolute atomic E-state index is 0.106. The lowest BCUT2D eigenvalue weighted by molar-refractivity contribution is -0.120. The fourth-order valence-corrected chi connectivity index (χ4v) is 1.79. The molecule has 0 amide bonds. The molecule has 0 spiro atoms. The summed E-state index contributed by atoms with van der Waals surface area (Å²) in [6.07, 6.45) is 0.475. The van der Waals surface area contributed by atoms with Crippen molar-refractivity contribution >= 4 is 5.78 Å². The van der Waals surface area contributed by atoms with E-state index in [1.54, 1.807) is 6.92 Å². The number of aromatic nitrogens is 2. The first-order valence-corrected chi connectivity index (χ1v) is 6.05. The van der Waals surface area contributed by atoms with Crippen molar-refractivity contribution in [1.29, 1.82) is 0 Å². The number of nitrogens with zero attached hydrogens (tertiary/aromatic N) is 2. The van der Waals surface area contributed by atoms with Gasteiger partial charge in [0.2, 0.25) is 11.7 Å². The lowest BCUT2D eigenvalue weighted by Crippen LogP contribution is -2.07. The van der Waals surface area contributed by atoms with Crippen LogP contribution in [-0.4, -0.2) is 15.9 Å². The van der Waals surface area contributed by atoms with Crippen LogP contribution in [0.2, 0.25) is 0 Å². The third-order valence-corrected chi connectivity index (χ3v) is 3.03. The number of rotatable bonds is 4. The highest BCUT2D eigenvalue weighted by Crippen LogP contribution is 2.23. The normalized spacial score (nSPS) is 12.4. The molecule has 0 radical (unpaired) electrons. The highest BCUT2D eigenvalue weighted by Gasteiger charge is 2.21. The summed E-state index contributed by atoms with van der Waals surface area (Å²) in [5.74, 6) is 0.703. The molecule has 4 nitrogen and oxygen atoms in total. The number of benzene rings is 1. The van der Waals surface area contributed by atoms with Crippen molar-refractivity contribution in [1.82, 2.24) is 10.1 Å². The van der Waals surface area contributed by atoms with Gasteiger partial charge in [0.15, 0.2) is 0 Å². The number of hydrogen-bond donors (Lipinski definition) is 0. The average molecular weight is 244 g/mol. The predicted octanol–water partition coefficient (Wildman–Crippen LogP) is 3.13. The van der Waals surface area contributed by atoms with Crippen LogP contribution in [0, 0.1) is 6.92 Å². The quantitative estimate of drug-likeness (QED) is 0.829. The lowest BCUT2D eigenvalue weighted by Gasteiger charge is -2.01. The Labute approximate surface area is 106 Å². The molecular weight excluding hydrogens is 228 g/mol. The number of hydrogen-bond acceptors (Lipinski definition) is 4. The summed E-state index contributed by atoms with van der Waals surface area (Å²) in [5, 5.41) is 3.95. The molecule has 1 unspecified atom stereocenters. The summed E-state index contributed by atoms with van der Waals surface area (Å²) in [6.45, 7) is 5.62. The Morgan fingerprint density at radius 1 is 1.39 bits per heavy atom. The van der Waals surface area contributed by atoms with Crippen molar-refractivity contribution in [3.63, 3.8) is 0 Å². The number of carbonyl (C=O) groups excluding carboxylic acids is 1. The summed E-state index contributed by atoms with van der Waals surface area (Å²) in [6, 6.07) is 7.82. The predicted molar refractivity (Wildman–Crippen MR) is 68.2 cm³/mol. The van der Waals surface area contributed by atoms with Gasteiger partial charge in [-0.25, -0.2) is 0 Å². The molecule has 0 saturated carbocycles. The van der Waals surface area contributed by atoms with Gasteiger partial charge in [-0.3, -0.25) is 4.79 Å². The van der Waals surface area contributed by atoms with Crippen molar-refractivity contribution in [2.24, 2.45) is 0 Å². The molecule has 0 aliphatic heterocycles. The van der Waals surface area contributed by atoms with Crippen molar-refractivity contribution in [2.75, 3.05) is 0 Å². The molecule has 0 aliphatic carbocycles. The van der Waals surface area contributed by atoms with E-state index in [0.29, 0.717) is 18.1 Å². The van der Waals surface area contributed by atoms with Gasteiger partial charge in [0.25, 0.3) is 0 Å². The van der Waals surface area contributed by atoms with Gasteiger partial charge in [0.1, 0.15) is 5.78 Å². The highest BCUT2D eigenvalue weighted by molar-refractivity contribution is 5.84. The third kappa shape index (κ3) is 2.32. The average Bonchev–Trinajstić information content (AvgIpc) is 2.87. The SMILES string of the molecule is CCC(=O)C(C)c1nc(-c2ccccc2C)no1. The Kier molecular flexibility index (Phi) is 3.55. The molecule has 2 aromatic rings. The largest absolute Gasteiger partial charge is 0.338 e. The first-order chi connectivity index (χ1) is 8.63. The topological polar surface area (TPSA) is 56.0 Å². The van der Waals surface area contributed by atoms with Crippen LogP contribution in [0.5, 0.6) is 0 Å². The van der Waals surface area contributed by atoms with E-state index in [1.807, 2.05) is 38.1 Å². The summed E-state index contributed by atoms with van der Waals surface area (Å²) >= 11 is 0. The zero-order valence-corrected chi connectivity index (χ0v) is 10.8. The van der Waals surface area contributed by atoms with Gasteiger partial charge in [-0.05, 0) is 19.4 Å². The van der Waals surface area contributed by atoms with Gasteiger partial charge in [-0.1, -0.05) is 36.3 Å². The molecule has 1 aromatic carbocycles. The van der Waals surface area contributed by atoms with E-state index in [9.17, 15) is 4.79 Å². The Bertz CT molecular complexity index is 560. The van der Waals surface area contributed by atoms with Crippen LogP contribution in [0.3, 0.4) is 0 Å². The van der Waals surface area contributed by atoms with E-state index in [1.165, 1.54) is 0 Å². The molecule has 18 heavy (non-hydrogen) atoms. The van der Waals surface area contributed by atoms with Crippen molar-refractivity contribution < 1.29 is 9.32 Å². The van der Waals surface area contributed by atoms with Crippen LogP contribution < -0.4 is 0 Å². The van der Waals surface area contributed by atoms with E-state index >= 15 is 0 Å². The van der Waals surface area contributed by atoms with Gasteiger partial charge < -0.3 is 4.52 Å². The van der Waals surface area contributed by atoms with E-state index < -0.39 is 0 Å². The van der Waals surface area contributed by atoms with E-state index in [0.717, 1.165) is 11.1 Å². The Morgan fingerprint density at radius 3 is 2.78 bits per heavy atom. The fraction of sp³-hybridized carbons (Fsp3) is 0.357. The minimum Gasteiger partial charge on any atom is -0.338 e. The zero-order valence-electron chi connectivity index (χ0n) is 10.8. The maximum Gasteiger partial charge on any atom is 0.237 e. The first kappa shape index (κ1) is 12.5. The van der Waals surface area contributed by atoms with Gasteiger partial charge in [-0.15, -0.1) is 0 Å². The van der Waals surface area contributed by atoms with Crippen LogP contribution in [0.4, 0.5) is 0 Å². The Balaban J connectivity index is 2.31. The second kappa shape index (κ2) is 5.12. The van der Waals surface area contributed by atoms with Gasteiger partial charge in [0, 0.05) is 12.0 Å². The maximum atomic E-state index is 11.6. The molecule has 1 atom stereocenters. The molecule has 0 aliphatic rings. The summed E-state index contributed by atoms with van der Waals surface area (Å²) in [4.78, 5) is 15.9. The molecule has 0 fully saturated rings. The first-order valence-electron chi connectivity index (χ1n) is 6.05. The van der Waals surface area contributed by atoms with Crippen LogP contribution in [0.1, 0.15) is 37.6 Å². The van der Waals surface area contributed by atoms with Crippen LogP contribution in [0.15, 0.2) is 28.8 Å². The van der Waals surface area contributed by atoms with E-state index in [-0.39, 0.29) is 11.7 Å². The number of aryl methyl sites for hydroxylation is 1. The van der Waals surface area contributed by atoms with Crippen molar-refractivity contribution in [3.05, 3.63) is 35.7 Å². The van der Waals surface area contributed by atoms with Gasteiger partial charge in [-0.2, -0.15) is 4.98 Å². The van der Waals surface area contributed by atoms with Crippen LogP contribution in [-0.2, 0) is 4.79 Å². The third-order valence-electron chi connectivity index (χ3n) is 3.03. The number of carbonyl (C=O) groups is 1. The highest BCUT2D eigenvalue weighted by atomic mass is 16.5. The molecule has 1 heterocycles. The van der Waals surface area contributed by atoms with E-state index in [4.69, 9.17) is 4.52 Å². The molecule has 1 aromatic heterocycles. The molecule has 2 rings (SSSR count). The molecule has 4 heteroatoms. The maximum absolute atomic E-state index is 11.6. The van der Waals surface area contributed by atoms with Crippen molar-refractivity contribution in [2.45, 2.75) is 33.1 Å². The molecule has 0 N–H and O–H groups in total. The molecule has 0 saturated heterocycles. The zero-order chi connectivity index (χ0) is 13.1. The van der Waals surface area contributed by atoms with Crippen LogP contribution >= 0.6 is 0 Å². The second-order valence-electron chi connectivity index (χ2n) is 4.31. The summed E-state index contributed by atoms with van der Waals surface area (Å²) in [7, 11) is 0. The molecule has 94 valence electrons. The number of Topliss-reactive ketones (excluding diaryl/α,β-unsaturated/α-hetero) is 1. The Hall–Kier alpha value is -1.97. The van der Waals surface area contributed by atoms with Crippen LogP contribution in [0.25, 0.3) is 11.4 Å². The standard InChI is InChI=1S/C14H16N2O2/c1-4-12(17)10(3)14-15-13(16-18-14)11-8-6-5-7-9(11)2/h5-8,10H,4H2,1-3H3. The minimum atomic E-state index is -0.333. The summed E-state index contributed by atoms with van der Waals surface area (Å²) in [5.41, 5.74) is 2.02. The lowest BCUT2D eigenvalue weighted by atomic mass is 10.0. The second-order valence-corrected chi connectivity index (χ2v) is 4.31. The number of ketones is 1. The monoisotopic (exact) mass is 244 g/mol.